The minimum absolute atomic E-state index is 0.127. The zero-order valence-corrected chi connectivity index (χ0v) is 8.31. The van der Waals surface area contributed by atoms with E-state index in [1.54, 1.807) is 6.92 Å². The summed E-state index contributed by atoms with van der Waals surface area (Å²) in [5.41, 5.74) is 11.4. The van der Waals surface area contributed by atoms with Gasteiger partial charge in [-0.05, 0) is 30.2 Å². The fourth-order valence-electron chi connectivity index (χ4n) is 1.34. The third-order valence-corrected chi connectivity index (χ3v) is 2.26. The smallest absolute Gasteiger partial charge is 0.329 e. The second-order valence-electron chi connectivity index (χ2n) is 3.41. The zero-order chi connectivity index (χ0) is 11.6. The SMILES string of the molecule is Cc1ccc(C(F)(F)F)cc1C(N)CN. The lowest BCUT2D eigenvalue weighted by atomic mass is 9.99. The Morgan fingerprint density at radius 1 is 1.33 bits per heavy atom. The monoisotopic (exact) mass is 218 g/mol. The van der Waals surface area contributed by atoms with E-state index >= 15 is 0 Å². The number of rotatable bonds is 2. The Morgan fingerprint density at radius 3 is 2.40 bits per heavy atom. The molecule has 1 rings (SSSR count). The molecule has 15 heavy (non-hydrogen) atoms. The van der Waals surface area contributed by atoms with Crippen LogP contribution in [0, 0.1) is 6.92 Å². The lowest BCUT2D eigenvalue weighted by Crippen LogP contribution is -2.22. The number of benzene rings is 1. The maximum atomic E-state index is 12.4. The molecule has 0 bridgehead atoms. The molecule has 0 spiro atoms. The lowest BCUT2D eigenvalue weighted by molar-refractivity contribution is -0.137. The summed E-state index contributed by atoms with van der Waals surface area (Å²) in [5, 5.41) is 0. The van der Waals surface area contributed by atoms with Crippen LogP contribution in [0.1, 0.15) is 22.7 Å². The van der Waals surface area contributed by atoms with Gasteiger partial charge in [-0.3, -0.25) is 0 Å². The standard InChI is InChI=1S/C10H13F3N2/c1-6-2-3-7(10(11,12)13)4-8(6)9(15)5-14/h2-4,9H,5,14-15H2,1H3. The van der Waals surface area contributed by atoms with Crippen molar-refractivity contribution in [1.29, 1.82) is 0 Å². The molecule has 84 valence electrons. The average Bonchev–Trinajstić information content (AvgIpc) is 2.15. The molecule has 1 aromatic rings. The van der Waals surface area contributed by atoms with Crippen molar-refractivity contribution in [3.05, 3.63) is 34.9 Å². The largest absolute Gasteiger partial charge is 0.416 e. The minimum Gasteiger partial charge on any atom is -0.329 e. The van der Waals surface area contributed by atoms with Gasteiger partial charge in [0.25, 0.3) is 0 Å². The second kappa shape index (κ2) is 4.20. The van der Waals surface area contributed by atoms with Crippen LogP contribution in [0.2, 0.25) is 0 Å². The molecule has 0 aliphatic carbocycles. The van der Waals surface area contributed by atoms with Gasteiger partial charge >= 0.3 is 6.18 Å². The summed E-state index contributed by atoms with van der Waals surface area (Å²) in [4.78, 5) is 0. The van der Waals surface area contributed by atoms with Gasteiger partial charge in [-0.2, -0.15) is 13.2 Å². The van der Waals surface area contributed by atoms with Crippen molar-refractivity contribution in [1.82, 2.24) is 0 Å². The Hall–Kier alpha value is -1.07. The number of aryl methyl sites for hydroxylation is 1. The number of alkyl halides is 3. The normalized spacial score (nSPS) is 14.0. The summed E-state index contributed by atoms with van der Waals surface area (Å²) in [6.45, 7) is 1.84. The quantitative estimate of drug-likeness (QED) is 0.797. The first-order valence-corrected chi connectivity index (χ1v) is 4.49. The first-order valence-electron chi connectivity index (χ1n) is 4.49. The van der Waals surface area contributed by atoms with Gasteiger partial charge in [-0.1, -0.05) is 6.07 Å². The van der Waals surface area contributed by atoms with Crippen LogP contribution < -0.4 is 11.5 Å². The van der Waals surface area contributed by atoms with Crippen molar-refractivity contribution in [3.8, 4) is 0 Å². The van der Waals surface area contributed by atoms with Crippen molar-refractivity contribution < 1.29 is 13.2 Å². The van der Waals surface area contributed by atoms with Crippen LogP contribution in [0.3, 0.4) is 0 Å². The number of halogens is 3. The molecule has 4 N–H and O–H groups in total. The second-order valence-corrected chi connectivity index (χ2v) is 3.41. The van der Waals surface area contributed by atoms with Gasteiger partial charge in [0.2, 0.25) is 0 Å². The molecular formula is C10H13F3N2. The summed E-state index contributed by atoms with van der Waals surface area (Å²) in [6.07, 6.45) is -4.34. The Kier molecular flexibility index (Phi) is 3.36. The topological polar surface area (TPSA) is 52.0 Å². The highest BCUT2D eigenvalue weighted by molar-refractivity contribution is 5.34. The highest BCUT2D eigenvalue weighted by Crippen LogP contribution is 2.31. The number of hydrogen-bond donors (Lipinski definition) is 2. The molecule has 0 saturated carbocycles. The lowest BCUT2D eigenvalue weighted by Gasteiger charge is -2.15. The van der Waals surface area contributed by atoms with E-state index in [-0.39, 0.29) is 6.54 Å². The van der Waals surface area contributed by atoms with Gasteiger partial charge in [0.05, 0.1) is 5.56 Å². The van der Waals surface area contributed by atoms with E-state index in [1.165, 1.54) is 6.07 Å². The highest BCUT2D eigenvalue weighted by atomic mass is 19.4. The van der Waals surface area contributed by atoms with Crippen molar-refractivity contribution in [2.45, 2.75) is 19.1 Å². The van der Waals surface area contributed by atoms with Gasteiger partial charge in [0.1, 0.15) is 0 Å². The van der Waals surface area contributed by atoms with Crippen LogP contribution >= 0.6 is 0 Å². The first-order chi connectivity index (χ1) is 6.86. The predicted octanol–water partition coefficient (Wildman–Crippen LogP) is 1.97. The zero-order valence-electron chi connectivity index (χ0n) is 8.31. The van der Waals surface area contributed by atoms with Gasteiger partial charge in [0.15, 0.2) is 0 Å². The van der Waals surface area contributed by atoms with E-state index in [0.717, 1.165) is 17.7 Å². The van der Waals surface area contributed by atoms with Crippen molar-refractivity contribution in [2.75, 3.05) is 6.54 Å². The molecule has 1 aromatic carbocycles. The van der Waals surface area contributed by atoms with E-state index in [0.29, 0.717) is 5.56 Å². The van der Waals surface area contributed by atoms with Crippen LogP contribution in [0.5, 0.6) is 0 Å². The van der Waals surface area contributed by atoms with Crippen LogP contribution in [-0.2, 0) is 6.18 Å². The molecule has 0 heterocycles. The summed E-state index contributed by atoms with van der Waals surface area (Å²) < 4.78 is 37.2. The van der Waals surface area contributed by atoms with Crippen LogP contribution in [0.15, 0.2) is 18.2 Å². The van der Waals surface area contributed by atoms with Crippen LogP contribution in [-0.4, -0.2) is 6.54 Å². The maximum absolute atomic E-state index is 12.4. The fraction of sp³-hybridized carbons (Fsp3) is 0.400. The summed E-state index contributed by atoms with van der Waals surface area (Å²) in [6, 6.07) is 2.97. The van der Waals surface area contributed by atoms with Crippen LogP contribution in [0.4, 0.5) is 13.2 Å². The average molecular weight is 218 g/mol. The fourth-order valence-corrected chi connectivity index (χ4v) is 1.34. The molecule has 0 saturated heterocycles. The molecule has 0 aliphatic rings. The summed E-state index contributed by atoms with van der Waals surface area (Å²) in [5.74, 6) is 0. The van der Waals surface area contributed by atoms with E-state index in [1.807, 2.05) is 0 Å². The molecule has 0 radical (unpaired) electrons. The summed E-state index contributed by atoms with van der Waals surface area (Å²) >= 11 is 0. The Morgan fingerprint density at radius 2 is 1.93 bits per heavy atom. The van der Waals surface area contributed by atoms with E-state index in [9.17, 15) is 13.2 Å². The van der Waals surface area contributed by atoms with Crippen molar-refractivity contribution in [3.63, 3.8) is 0 Å². The first kappa shape index (κ1) is 12.0. The minimum atomic E-state index is -4.34. The Bertz CT molecular complexity index is 347. The van der Waals surface area contributed by atoms with Gasteiger partial charge in [-0.15, -0.1) is 0 Å². The third kappa shape index (κ3) is 2.70. The summed E-state index contributed by atoms with van der Waals surface area (Å²) in [7, 11) is 0. The molecular weight excluding hydrogens is 205 g/mol. The van der Waals surface area contributed by atoms with Crippen molar-refractivity contribution in [2.24, 2.45) is 11.5 Å². The third-order valence-electron chi connectivity index (χ3n) is 2.26. The van der Waals surface area contributed by atoms with E-state index in [4.69, 9.17) is 11.5 Å². The van der Waals surface area contributed by atoms with Gasteiger partial charge in [0, 0.05) is 12.6 Å². The highest BCUT2D eigenvalue weighted by Gasteiger charge is 2.31. The van der Waals surface area contributed by atoms with Crippen LogP contribution in [0.25, 0.3) is 0 Å². The van der Waals surface area contributed by atoms with Crippen molar-refractivity contribution >= 4 is 0 Å². The molecule has 1 unspecified atom stereocenters. The molecule has 1 atom stereocenters. The molecule has 0 amide bonds. The molecule has 0 aromatic heterocycles. The molecule has 2 nitrogen and oxygen atoms in total. The van der Waals surface area contributed by atoms with Gasteiger partial charge < -0.3 is 11.5 Å². The number of nitrogens with two attached hydrogens (primary N) is 2. The molecule has 0 fully saturated rings. The van der Waals surface area contributed by atoms with E-state index < -0.39 is 17.8 Å². The Labute approximate surface area is 86.1 Å². The Balaban J connectivity index is 3.17. The predicted molar refractivity (Wildman–Crippen MR) is 52.2 cm³/mol. The molecule has 5 heteroatoms. The van der Waals surface area contributed by atoms with Gasteiger partial charge in [-0.25, -0.2) is 0 Å². The maximum Gasteiger partial charge on any atom is 0.416 e. The van der Waals surface area contributed by atoms with E-state index in [2.05, 4.69) is 0 Å². The number of hydrogen-bond acceptors (Lipinski definition) is 2. The molecule has 0 aliphatic heterocycles.